The van der Waals surface area contributed by atoms with Crippen LogP contribution >= 0.6 is 0 Å². The van der Waals surface area contributed by atoms with Gasteiger partial charge in [0.2, 0.25) is 5.95 Å². The number of rotatable bonds is 13. The number of carbonyl (C=O) groups excluding carboxylic acids is 2. The summed E-state index contributed by atoms with van der Waals surface area (Å²) >= 11 is 0. The molecule has 3 rings (SSSR count). The molecule has 2 heterocycles. The molecule has 2 aromatic rings. The van der Waals surface area contributed by atoms with E-state index in [0.29, 0.717) is 30.6 Å². The number of nitrogens with two attached hydrogens (primary N) is 1. The molecule has 0 spiro atoms. The van der Waals surface area contributed by atoms with Gasteiger partial charge in [-0.05, 0) is 60.5 Å². The molecule has 0 bridgehead atoms. The second kappa shape index (κ2) is 12.1. The average Bonchev–Trinajstić information content (AvgIpc) is 3.15. The Balaban J connectivity index is 1.61. The van der Waals surface area contributed by atoms with Crippen LogP contribution in [0, 0.1) is 11.8 Å². The Kier molecular flexibility index (Phi) is 9.17. The van der Waals surface area contributed by atoms with E-state index in [0.717, 1.165) is 32.4 Å². The van der Waals surface area contributed by atoms with Crippen LogP contribution < -0.4 is 5.73 Å². The van der Waals surface area contributed by atoms with Gasteiger partial charge in [-0.3, -0.25) is 9.59 Å². The lowest BCUT2D eigenvalue weighted by Gasteiger charge is -2.44. The minimum Gasteiger partial charge on any atom is -0.465 e. The average molecular weight is 476 g/mol. The summed E-state index contributed by atoms with van der Waals surface area (Å²) in [6.07, 6.45) is 6.36. The number of aromatic nitrogens is 4. The lowest BCUT2D eigenvalue weighted by Crippen LogP contribution is -2.44. The molecule has 1 aliphatic rings. The number of anilines is 1. The number of imidazole rings is 1. The quantitative estimate of drug-likeness (QED) is 0.424. The van der Waals surface area contributed by atoms with Crippen LogP contribution in [0.25, 0.3) is 11.2 Å². The van der Waals surface area contributed by atoms with Crippen LogP contribution in [-0.4, -0.2) is 95.8 Å². The van der Waals surface area contributed by atoms with E-state index >= 15 is 0 Å². The Bertz CT molecular complexity index is 962. The number of ether oxygens (including phenoxy) is 2. The van der Waals surface area contributed by atoms with Crippen molar-refractivity contribution in [2.75, 3.05) is 60.2 Å². The molecule has 0 saturated heterocycles. The van der Waals surface area contributed by atoms with Crippen molar-refractivity contribution in [3.05, 3.63) is 12.5 Å². The lowest BCUT2D eigenvalue weighted by atomic mass is 9.69. The Morgan fingerprint density at radius 3 is 2.26 bits per heavy atom. The molecule has 3 atom stereocenters. The first-order valence-electron chi connectivity index (χ1n) is 11.8. The van der Waals surface area contributed by atoms with Crippen molar-refractivity contribution >= 4 is 29.1 Å². The van der Waals surface area contributed by atoms with Gasteiger partial charge >= 0.3 is 11.9 Å². The molecule has 2 N–H and O–H groups in total. The highest BCUT2D eigenvalue weighted by Gasteiger charge is 2.44. The number of nitrogens with zero attached hydrogens (tertiary/aromatic N) is 6. The number of hydrogen-bond acceptors (Lipinski definition) is 10. The number of esters is 2. The maximum absolute atomic E-state index is 12.3. The molecule has 0 aliphatic heterocycles. The second-order valence-corrected chi connectivity index (χ2v) is 9.50. The summed E-state index contributed by atoms with van der Waals surface area (Å²) in [6.45, 7) is 2.24. The smallest absolute Gasteiger partial charge is 0.305 e. The maximum atomic E-state index is 12.3. The van der Waals surface area contributed by atoms with Gasteiger partial charge in [-0.25, -0.2) is 9.97 Å². The molecule has 1 fully saturated rings. The first-order chi connectivity index (χ1) is 16.2. The lowest BCUT2D eigenvalue weighted by molar-refractivity contribution is -0.155. The molecule has 3 unspecified atom stereocenters. The van der Waals surface area contributed by atoms with Gasteiger partial charge in [0.1, 0.15) is 5.52 Å². The first kappa shape index (κ1) is 25.8. The summed E-state index contributed by atoms with van der Waals surface area (Å²) in [4.78, 5) is 41.2. The van der Waals surface area contributed by atoms with Crippen LogP contribution in [0.3, 0.4) is 0 Å². The number of nitrogen functional groups attached to an aromatic ring is 1. The third-order valence-electron chi connectivity index (χ3n) is 6.20. The zero-order valence-corrected chi connectivity index (χ0v) is 20.6. The molecule has 0 aromatic carbocycles. The molecule has 188 valence electrons. The van der Waals surface area contributed by atoms with Gasteiger partial charge in [0, 0.05) is 30.7 Å². The van der Waals surface area contributed by atoms with Gasteiger partial charge in [-0.15, -0.1) is 0 Å². The van der Waals surface area contributed by atoms with Crippen molar-refractivity contribution in [2.45, 2.75) is 38.1 Å². The summed E-state index contributed by atoms with van der Waals surface area (Å²) in [7, 11) is 7.90. The third kappa shape index (κ3) is 7.10. The Morgan fingerprint density at radius 1 is 1.03 bits per heavy atom. The van der Waals surface area contributed by atoms with E-state index in [1.807, 2.05) is 42.6 Å². The van der Waals surface area contributed by atoms with Crippen molar-refractivity contribution in [2.24, 2.45) is 11.8 Å². The second-order valence-electron chi connectivity index (χ2n) is 9.50. The van der Waals surface area contributed by atoms with E-state index in [-0.39, 0.29) is 42.4 Å². The predicted molar refractivity (Wildman–Crippen MR) is 128 cm³/mol. The molecule has 11 heteroatoms. The van der Waals surface area contributed by atoms with Gasteiger partial charge in [-0.2, -0.15) is 4.98 Å². The van der Waals surface area contributed by atoms with Crippen molar-refractivity contribution in [1.29, 1.82) is 0 Å². The molecular weight excluding hydrogens is 438 g/mol. The monoisotopic (exact) mass is 475 g/mol. The van der Waals surface area contributed by atoms with Gasteiger partial charge in [-0.1, -0.05) is 0 Å². The Morgan fingerprint density at radius 2 is 1.65 bits per heavy atom. The van der Waals surface area contributed by atoms with Crippen molar-refractivity contribution in [3.8, 4) is 0 Å². The van der Waals surface area contributed by atoms with Gasteiger partial charge in [0.05, 0.1) is 25.7 Å². The highest BCUT2D eigenvalue weighted by molar-refractivity contribution is 5.71. The topological polar surface area (TPSA) is 129 Å². The zero-order chi connectivity index (χ0) is 24.7. The van der Waals surface area contributed by atoms with E-state index in [2.05, 4.69) is 15.0 Å². The summed E-state index contributed by atoms with van der Waals surface area (Å²) in [6, 6.07) is 0.0197. The number of hydrogen-bond donors (Lipinski definition) is 1. The summed E-state index contributed by atoms with van der Waals surface area (Å²) in [5.74, 6) is -0.150. The standard InChI is InChI=1S/C23H37N7O4/c1-28(2)9-5-7-20(31)33-13-16-11-19(17(16)14-34-21(32)8-6-10-29(3)4)30-15-26-18-12-25-23(24)27-22(18)30/h12,15-17,19H,5-11,13-14H2,1-4H3,(H2,24,25,27). The fourth-order valence-corrected chi connectivity index (χ4v) is 4.23. The van der Waals surface area contributed by atoms with Gasteiger partial charge in [0.15, 0.2) is 5.65 Å². The predicted octanol–water partition coefficient (Wildman–Crippen LogP) is 1.36. The van der Waals surface area contributed by atoms with E-state index in [4.69, 9.17) is 15.2 Å². The molecule has 2 aromatic heterocycles. The fourth-order valence-electron chi connectivity index (χ4n) is 4.23. The largest absolute Gasteiger partial charge is 0.465 e. The summed E-state index contributed by atoms with van der Waals surface area (Å²) < 4.78 is 13.1. The first-order valence-corrected chi connectivity index (χ1v) is 11.8. The normalized spacial score (nSPS) is 20.0. The molecule has 1 saturated carbocycles. The van der Waals surface area contributed by atoms with Crippen molar-refractivity contribution < 1.29 is 19.1 Å². The Hall–Kier alpha value is -2.79. The highest BCUT2D eigenvalue weighted by Crippen LogP contribution is 2.45. The minimum absolute atomic E-state index is 0.0130. The van der Waals surface area contributed by atoms with Crippen LogP contribution in [-0.2, 0) is 19.1 Å². The van der Waals surface area contributed by atoms with E-state index < -0.39 is 0 Å². The van der Waals surface area contributed by atoms with E-state index in [9.17, 15) is 9.59 Å². The van der Waals surface area contributed by atoms with Gasteiger partial charge in [0.25, 0.3) is 0 Å². The van der Waals surface area contributed by atoms with Crippen LogP contribution in [0.5, 0.6) is 0 Å². The molecule has 0 radical (unpaired) electrons. The highest BCUT2D eigenvalue weighted by atomic mass is 16.5. The maximum Gasteiger partial charge on any atom is 0.305 e. The third-order valence-corrected chi connectivity index (χ3v) is 6.20. The summed E-state index contributed by atoms with van der Waals surface area (Å²) in [5.41, 5.74) is 7.09. The Labute approximate surface area is 200 Å². The molecule has 11 nitrogen and oxygen atoms in total. The molecule has 0 amide bonds. The van der Waals surface area contributed by atoms with E-state index in [1.54, 1.807) is 12.5 Å². The van der Waals surface area contributed by atoms with Crippen LogP contribution in [0.1, 0.15) is 38.1 Å². The van der Waals surface area contributed by atoms with Gasteiger partial charge < -0.3 is 29.6 Å². The van der Waals surface area contributed by atoms with Crippen molar-refractivity contribution in [3.63, 3.8) is 0 Å². The zero-order valence-electron chi connectivity index (χ0n) is 20.6. The summed E-state index contributed by atoms with van der Waals surface area (Å²) in [5, 5.41) is 0. The van der Waals surface area contributed by atoms with Crippen LogP contribution in [0.4, 0.5) is 5.95 Å². The van der Waals surface area contributed by atoms with Crippen molar-refractivity contribution in [1.82, 2.24) is 29.3 Å². The van der Waals surface area contributed by atoms with E-state index in [1.165, 1.54) is 0 Å². The number of carbonyl (C=O) groups is 2. The molecule has 34 heavy (non-hydrogen) atoms. The SMILES string of the molecule is CN(C)CCCC(=O)OCC1CC(n2cnc3cnc(N)nc32)C1COC(=O)CCCN(C)C. The molecular formula is C23H37N7O4. The minimum atomic E-state index is -0.214. The van der Waals surface area contributed by atoms with Crippen LogP contribution in [0.15, 0.2) is 12.5 Å². The fraction of sp³-hybridized carbons (Fsp3) is 0.696. The molecule has 1 aliphatic carbocycles. The number of fused-ring (bicyclic) bond motifs is 1. The van der Waals surface area contributed by atoms with Crippen LogP contribution in [0.2, 0.25) is 0 Å².